The van der Waals surface area contributed by atoms with E-state index in [9.17, 15) is 9.00 Å². The fraction of sp³-hybridized carbons (Fsp3) is 0.269. The summed E-state index contributed by atoms with van der Waals surface area (Å²) in [6.45, 7) is 2.66. The average molecular weight is 450 g/mol. The molecule has 3 aromatic rings. The maximum absolute atomic E-state index is 13.6. The molecule has 0 bridgehead atoms. The summed E-state index contributed by atoms with van der Waals surface area (Å²) in [7, 11) is -1.71. The molecule has 160 valence electrons. The van der Waals surface area contributed by atoms with Crippen LogP contribution in [0, 0.1) is 0 Å². The summed E-state index contributed by atoms with van der Waals surface area (Å²) in [5, 5.41) is 2.69. The third-order valence-electron chi connectivity index (χ3n) is 5.79. The summed E-state index contributed by atoms with van der Waals surface area (Å²) >= 11 is 0. The van der Waals surface area contributed by atoms with Crippen molar-refractivity contribution in [1.82, 2.24) is 4.90 Å². The average Bonchev–Trinajstić information content (AvgIpc) is 3.31. The Bertz CT molecular complexity index is 1000. The SMILES string of the molecule is CCS(=O)c1ccccc1C(=O)N1CCC[C@H]1CP(c1ccccc1)c1ccccc1. The molecule has 0 N–H and O–H groups in total. The molecular formula is C26H28NO2PS. The summed E-state index contributed by atoms with van der Waals surface area (Å²) in [6, 6.07) is 28.9. The van der Waals surface area contributed by atoms with E-state index in [0.717, 1.165) is 25.5 Å². The Morgan fingerprint density at radius 3 is 2.13 bits per heavy atom. The van der Waals surface area contributed by atoms with Crippen LogP contribution in [0.5, 0.6) is 0 Å². The molecular weight excluding hydrogens is 421 g/mol. The monoisotopic (exact) mass is 449 g/mol. The summed E-state index contributed by atoms with van der Waals surface area (Å²) in [4.78, 5) is 16.2. The largest absolute Gasteiger partial charge is 0.335 e. The zero-order chi connectivity index (χ0) is 21.6. The Balaban J connectivity index is 1.62. The first-order valence-electron chi connectivity index (χ1n) is 10.8. The molecule has 1 unspecified atom stereocenters. The molecule has 0 saturated carbocycles. The van der Waals surface area contributed by atoms with Gasteiger partial charge < -0.3 is 4.90 Å². The van der Waals surface area contributed by atoms with Gasteiger partial charge in [-0.3, -0.25) is 9.00 Å². The minimum Gasteiger partial charge on any atom is -0.335 e. The molecule has 31 heavy (non-hydrogen) atoms. The zero-order valence-corrected chi connectivity index (χ0v) is 19.5. The lowest BCUT2D eigenvalue weighted by Crippen LogP contribution is -2.39. The molecule has 1 aliphatic heterocycles. The van der Waals surface area contributed by atoms with Crippen molar-refractivity contribution < 1.29 is 9.00 Å². The number of nitrogens with zero attached hydrogens (tertiary/aromatic N) is 1. The number of likely N-dealkylation sites (tertiary alicyclic amines) is 1. The second kappa shape index (κ2) is 10.3. The van der Waals surface area contributed by atoms with Gasteiger partial charge in [0, 0.05) is 18.3 Å². The molecule has 1 amide bonds. The number of carbonyl (C=O) groups is 1. The molecule has 3 aromatic carbocycles. The quantitative estimate of drug-likeness (QED) is 0.496. The van der Waals surface area contributed by atoms with Crippen LogP contribution in [-0.4, -0.2) is 39.5 Å². The lowest BCUT2D eigenvalue weighted by molar-refractivity contribution is 0.0746. The molecule has 1 heterocycles. The zero-order valence-electron chi connectivity index (χ0n) is 17.8. The molecule has 0 spiro atoms. The van der Waals surface area contributed by atoms with Crippen LogP contribution >= 0.6 is 7.92 Å². The summed E-state index contributed by atoms with van der Waals surface area (Å²) in [6.07, 6.45) is 2.99. The fourth-order valence-corrected chi connectivity index (χ4v) is 7.76. The third kappa shape index (κ3) is 4.97. The van der Waals surface area contributed by atoms with Crippen molar-refractivity contribution in [3.63, 3.8) is 0 Å². The molecule has 3 nitrogen and oxygen atoms in total. The highest BCUT2D eigenvalue weighted by atomic mass is 32.2. The van der Waals surface area contributed by atoms with Gasteiger partial charge in [-0.15, -0.1) is 0 Å². The van der Waals surface area contributed by atoms with E-state index in [1.165, 1.54) is 10.6 Å². The minimum absolute atomic E-state index is 0.0240. The molecule has 1 saturated heterocycles. The van der Waals surface area contributed by atoms with Crippen LogP contribution in [0.3, 0.4) is 0 Å². The molecule has 0 aliphatic carbocycles. The van der Waals surface area contributed by atoms with Crippen molar-refractivity contribution in [3.8, 4) is 0 Å². The van der Waals surface area contributed by atoms with Crippen molar-refractivity contribution >= 4 is 35.2 Å². The van der Waals surface area contributed by atoms with Crippen molar-refractivity contribution in [2.45, 2.75) is 30.7 Å². The topological polar surface area (TPSA) is 37.4 Å². The molecule has 0 aromatic heterocycles. The summed E-state index contributed by atoms with van der Waals surface area (Å²) in [5.74, 6) is 0.539. The summed E-state index contributed by atoms with van der Waals surface area (Å²) < 4.78 is 12.5. The van der Waals surface area contributed by atoms with Gasteiger partial charge in [-0.1, -0.05) is 79.7 Å². The van der Waals surface area contributed by atoms with Crippen LogP contribution < -0.4 is 10.6 Å². The van der Waals surface area contributed by atoms with Gasteiger partial charge in [-0.2, -0.15) is 0 Å². The predicted octanol–water partition coefficient (Wildman–Crippen LogP) is 4.55. The second-order valence-electron chi connectivity index (χ2n) is 7.71. The number of rotatable bonds is 7. The van der Waals surface area contributed by atoms with Crippen molar-refractivity contribution in [3.05, 3.63) is 90.5 Å². The lowest BCUT2D eigenvalue weighted by atomic mass is 10.2. The first kappa shape index (κ1) is 21.9. The number of amides is 1. The van der Waals surface area contributed by atoms with Crippen LogP contribution in [0.2, 0.25) is 0 Å². The van der Waals surface area contributed by atoms with Gasteiger partial charge >= 0.3 is 0 Å². The van der Waals surface area contributed by atoms with Gasteiger partial charge in [0.15, 0.2) is 0 Å². The number of carbonyl (C=O) groups excluding carboxylic acids is 1. The van der Waals surface area contributed by atoms with Crippen LogP contribution in [-0.2, 0) is 10.8 Å². The van der Waals surface area contributed by atoms with Crippen LogP contribution in [0.15, 0.2) is 89.8 Å². The van der Waals surface area contributed by atoms with E-state index in [0.29, 0.717) is 16.2 Å². The molecule has 5 heteroatoms. The number of hydrogen-bond acceptors (Lipinski definition) is 2. The normalized spacial score (nSPS) is 17.1. The lowest BCUT2D eigenvalue weighted by Gasteiger charge is -2.29. The Morgan fingerprint density at radius 2 is 1.52 bits per heavy atom. The summed E-state index contributed by atoms with van der Waals surface area (Å²) in [5.41, 5.74) is 0.596. The van der Waals surface area contributed by atoms with E-state index >= 15 is 0 Å². The highest BCUT2D eigenvalue weighted by Gasteiger charge is 2.33. The maximum atomic E-state index is 13.6. The van der Waals surface area contributed by atoms with Crippen LogP contribution in [0.1, 0.15) is 30.1 Å². The van der Waals surface area contributed by atoms with E-state index < -0.39 is 18.7 Å². The van der Waals surface area contributed by atoms with E-state index in [4.69, 9.17) is 0 Å². The minimum atomic E-state index is -1.15. The highest BCUT2D eigenvalue weighted by Crippen LogP contribution is 2.38. The van der Waals surface area contributed by atoms with Crippen molar-refractivity contribution in [1.29, 1.82) is 0 Å². The molecule has 1 fully saturated rings. The Morgan fingerprint density at radius 1 is 0.935 bits per heavy atom. The number of hydrogen-bond donors (Lipinski definition) is 0. The van der Waals surface area contributed by atoms with E-state index in [-0.39, 0.29) is 11.9 Å². The number of benzene rings is 3. The molecule has 4 rings (SSSR count). The first-order valence-corrected chi connectivity index (χ1v) is 13.7. The van der Waals surface area contributed by atoms with E-state index in [1.807, 2.05) is 36.1 Å². The van der Waals surface area contributed by atoms with Gasteiger partial charge in [-0.25, -0.2) is 0 Å². The molecule has 0 radical (unpaired) electrons. The molecule has 1 aliphatic rings. The van der Waals surface area contributed by atoms with Crippen molar-refractivity contribution in [2.24, 2.45) is 0 Å². The molecule has 2 atom stereocenters. The third-order valence-corrected chi connectivity index (χ3v) is 9.79. The van der Waals surface area contributed by atoms with E-state index in [1.54, 1.807) is 0 Å². The Hall–Kier alpha value is -2.29. The predicted molar refractivity (Wildman–Crippen MR) is 131 cm³/mol. The van der Waals surface area contributed by atoms with Gasteiger partial charge in [0.05, 0.1) is 21.3 Å². The van der Waals surface area contributed by atoms with Crippen molar-refractivity contribution in [2.75, 3.05) is 18.5 Å². The fourth-order valence-electron chi connectivity index (χ4n) is 4.23. The standard InChI is InChI=1S/C26H28NO2PS/c1-2-31(29)25-18-10-9-17-24(25)26(28)27-19-11-12-21(27)20-30(22-13-5-3-6-14-22)23-15-7-4-8-16-23/h3-10,13-18,21H,2,11-12,19-20H2,1H3/t21-,31?/m0/s1. The van der Waals surface area contributed by atoms with Gasteiger partial charge in [0.2, 0.25) is 0 Å². The Labute approximate surface area is 188 Å². The van der Waals surface area contributed by atoms with Crippen LogP contribution in [0.25, 0.3) is 0 Å². The second-order valence-corrected chi connectivity index (χ2v) is 11.7. The van der Waals surface area contributed by atoms with Gasteiger partial charge in [0.1, 0.15) is 0 Å². The van der Waals surface area contributed by atoms with E-state index in [2.05, 4.69) is 60.7 Å². The smallest absolute Gasteiger partial charge is 0.255 e. The first-order chi connectivity index (χ1) is 15.2. The maximum Gasteiger partial charge on any atom is 0.255 e. The van der Waals surface area contributed by atoms with Gasteiger partial charge in [-0.05, 0) is 49.7 Å². The highest BCUT2D eigenvalue weighted by molar-refractivity contribution is 7.85. The van der Waals surface area contributed by atoms with Crippen LogP contribution in [0.4, 0.5) is 0 Å². The van der Waals surface area contributed by atoms with Gasteiger partial charge in [0.25, 0.3) is 5.91 Å². The Kier molecular flexibility index (Phi) is 7.32.